The molecule has 0 radical (unpaired) electrons. The molecule has 0 spiro atoms. The molecule has 0 N–H and O–H groups in total. The summed E-state index contributed by atoms with van der Waals surface area (Å²) in [6.07, 6.45) is 6.37. The van der Waals surface area contributed by atoms with Crippen molar-refractivity contribution in [3.8, 4) is 11.5 Å². The number of nitrogens with zero attached hydrogens (tertiary/aromatic N) is 2. The van der Waals surface area contributed by atoms with Crippen molar-refractivity contribution >= 4 is 11.8 Å². The van der Waals surface area contributed by atoms with Gasteiger partial charge in [-0.2, -0.15) is 0 Å². The second-order valence-corrected chi connectivity index (χ2v) is 8.58. The highest BCUT2D eigenvalue weighted by molar-refractivity contribution is 5.84. The molecule has 1 aliphatic carbocycles. The van der Waals surface area contributed by atoms with Crippen LogP contribution in [-0.4, -0.2) is 62.0 Å². The first-order valence-electron chi connectivity index (χ1n) is 10.9. The lowest BCUT2D eigenvalue weighted by molar-refractivity contribution is -0.136. The molecule has 0 unspecified atom stereocenters. The summed E-state index contributed by atoms with van der Waals surface area (Å²) in [6, 6.07) is 5.78. The molecule has 6 nitrogen and oxygen atoms in total. The van der Waals surface area contributed by atoms with Gasteiger partial charge in [-0.25, -0.2) is 0 Å². The number of ether oxygens (including phenoxy) is 2. The number of benzene rings is 1. The minimum Gasteiger partial charge on any atom is -0.497 e. The topological polar surface area (TPSA) is 59.1 Å². The average molecular weight is 401 g/mol. The van der Waals surface area contributed by atoms with Crippen LogP contribution >= 0.6 is 0 Å². The van der Waals surface area contributed by atoms with Gasteiger partial charge >= 0.3 is 0 Å². The molecule has 1 aromatic carbocycles. The van der Waals surface area contributed by atoms with Gasteiger partial charge in [0.15, 0.2) is 0 Å². The van der Waals surface area contributed by atoms with Crippen molar-refractivity contribution in [2.24, 2.45) is 11.8 Å². The Hall–Kier alpha value is -2.24. The van der Waals surface area contributed by atoms with Crippen LogP contribution in [0.15, 0.2) is 18.2 Å². The highest BCUT2D eigenvalue weighted by atomic mass is 16.5. The maximum Gasteiger partial charge on any atom is 0.228 e. The molecular weight excluding hydrogens is 368 g/mol. The molecule has 0 bridgehead atoms. The summed E-state index contributed by atoms with van der Waals surface area (Å²) in [7, 11) is 3.28. The third-order valence-corrected chi connectivity index (χ3v) is 6.91. The molecule has 2 amide bonds. The van der Waals surface area contributed by atoms with Gasteiger partial charge in [0.1, 0.15) is 11.5 Å². The Balaban J connectivity index is 1.62. The van der Waals surface area contributed by atoms with Crippen molar-refractivity contribution in [2.75, 3.05) is 40.4 Å². The lowest BCUT2D eigenvalue weighted by atomic mass is 9.87. The monoisotopic (exact) mass is 400 g/mol. The standard InChI is InChI=1S/C23H32N2O4/c1-28-17-9-10-18(21(13-17)29-2)19-14-25(22(26)16-7-3-4-8-16)15-20(19)23(27)24-11-5-6-12-24/h9-10,13,16,19-20H,3-8,11-12,14-15H2,1-2H3/t19-,20-/m1/s1. The van der Waals surface area contributed by atoms with Crippen LogP contribution < -0.4 is 9.47 Å². The first-order valence-corrected chi connectivity index (χ1v) is 10.9. The maximum atomic E-state index is 13.4. The van der Waals surface area contributed by atoms with Gasteiger partial charge in [-0.05, 0) is 31.7 Å². The number of carbonyl (C=O) groups excluding carboxylic acids is 2. The van der Waals surface area contributed by atoms with Gasteiger partial charge in [-0.3, -0.25) is 9.59 Å². The molecule has 2 aliphatic heterocycles. The van der Waals surface area contributed by atoms with Crippen LogP contribution in [0.1, 0.15) is 50.0 Å². The Morgan fingerprint density at radius 2 is 1.62 bits per heavy atom. The van der Waals surface area contributed by atoms with Crippen molar-refractivity contribution in [1.82, 2.24) is 9.80 Å². The minimum atomic E-state index is -0.208. The van der Waals surface area contributed by atoms with Crippen molar-refractivity contribution in [3.05, 3.63) is 23.8 Å². The number of likely N-dealkylation sites (tertiary alicyclic amines) is 2. The normalized spacial score (nSPS) is 24.9. The van der Waals surface area contributed by atoms with Gasteiger partial charge in [-0.15, -0.1) is 0 Å². The number of hydrogen-bond donors (Lipinski definition) is 0. The quantitative estimate of drug-likeness (QED) is 0.762. The van der Waals surface area contributed by atoms with E-state index in [9.17, 15) is 9.59 Å². The van der Waals surface area contributed by atoms with Crippen LogP contribution in [0.2, 0.25) is 0 Å². The van der Waals surface area contributed by atoms with E-state index < -0.39 is 0 Å². The largest absolute Gasteiger partial charge is 0.497 e. The second kappa shape index (κ2) is 8.64. The number of carbonyl (C=O) groups is 2. The maximum absolute atomic E-state index is 13.4. The molecule has 3 fully saturated rings. The zero-order valence-electron chi connectivity index (χ0n) is 17.6. The Kier molecular flexibility index (Phi) is 5.97. The van der Waals surface area contributed by atoms with Gasteiger partial charge in [0.2, 0.25) is 11.8 Å². The molecule has 2 atom stereocenters. The van der Waals surface area contributed by atoms with E-state index in [1.165, 1.54) is 0 Å². The van der Waals surface area contributed by atoms with E-state index in [2.05, 4.69) is 0 Å². The van der Waals surface area contributed by atoms with E-state index in [4.69, 9.17) is 9.47 Å². The summed E-state index contributed by atoms with van der Waals surface area (Å²) in [4.78, 5) is 30.4. The van der Waals surface area contributed by atoms with Crippen LogP contribution in [-0.2, 0) is 9.59 Å². The molecule has 3 aliphatic rings. The predicted molar refractivity (Wildman–Crippen MR) is 110 cm³/mol. The van der Waals surface area contributed by atoms with Crippen molar-refractivity contribution in [1.29, 1.82) is 0 Å². The molecule has 0 aromatic heterocycles. The van der Waals surface area contributed by atoms with E-state index in [-0.39, 0.29) is 29.6 Å². The molecule has 1 saturated carbocycles. The van der Waals surface area contributed by atoms with Crippen molar-refractivity contribution in [2.45, 2.75) is 44.4 Å². The average Bonchev–Trinajstić information content (AvgIpc) is 3.53. The summed E-state index contributed by atoms with van der Waals surface area (Å²) in [5, 5.41) is 0. The number of amides is 2. The highest BCUT2D eigenvalue weighted by Gasteiger charge is 2.44. The lowest BCUT2D eigenvalue weighted by Crippen LogP contribution is -2.38. The fourth-order valence-corrected chi connectivity index (χ4v) is 5.28. The number of rotatable bonds is 5. The van der Waals surface area contributed by atoms with E-state index >= 15 is 0 Å². The SMILES string of the molecule is COc1ccc([C@H]2CN(C(=O)C3CCCC3)C[C@H]2C(=O)N2CCCC2)c(OC)c1. The van der Waals surface area contributed by atoms with Gasteiger partial charge in [0, 0.05) is 49.6 Å². The predicted octanol–water partition coefficient (Wildman–Crippen LogP) is 3.06. The van der Waals surface area contributed by atoms with E-state index in [1.54, 1.807) is 14.2 Å². The van der Waals surface area contributed by atoms with Gasteiger partial charge in [0.05, 0.1) is 20.1 Å². The first-order chi connectivity index (χ1) is 14.1. The zero-order chi connectivity index (χ0) is 20.4. The summed E-state index contributed by atoms with van der Waals surface area (Å²) >= 11 is 0. The lowest BCUT2D eigenvalue weighted by Gasteiger charge is -2.25. The third-order valence-electron chi connectivity index (χ3n) is 6.91. The molecule has 158 valence electrons. The smallest absolute Gasteiger partial charge is 0.228 e. The molecule has 2 heterocycles. The summed E-state index contributed by atoms with van der Waals surface area (Å²) in [5.41, 5.74) is 0.993. The Bertz CT molecular complexity index is 753. The Labute approximate surface area is 173 Å². The summed E-state index contributed by atoms with van der Waals surface area (Å²) in [6.45, 7) is 2.77. The molecule has 2 saturated heterocycles. The van der Waals surface area contributed by atoms with Gasteiger partial charge in [-0.1, -0.05) is 18.9 Å². The van der Waals surface area contributed by atoms with Crippen LogP contribution in [0.5, 0.6) is 11.5 Å². The van der Waals surface area contributed by atoms with Crippen LogP contribution in [0, 0.1) is 11.8 Å². The van der Waals surface area contributed by atoms with Crippen molar-refractivity contribution < 1.29 is 19.1 Å². The second-order valence-electron chi connectivity index (χ2n) is 8.58. The molecular formula is C23H32N2O4. The molecule has 4 rings (SSSR count). The van der Waals surface area contributed by atoms with Crippen LogP contribution in [0.4, 0.5) is 0 Å². The van der Waals surface area contributed by atoms with Gasteiger partial charge < -0.3 is 19.3 Å². The minimum absolute atomic E-state index is 0.0469. The van der Waals surface area contributed by atoms with E-state index in [0.717, 1.165) is 68.7 Å². The first kappa shape index (κ1) is 20.0. The van der Waals surface area contributed by atoms with E-state index in [0.29, 0.717) is 13.1 Å². The van der Waals surface area contributed by atoms with Gasteiger partial charge in [0.25, 0.3) is 0 Å². The Morgan fingerprint density at radius 1 is 0.897 bits per heavy atom. The Morgan fingerprint density at radius 3 is 2.28 bits per heavy atom. The third kappa shape index (κ3) is 3.94. The fourth-order valence-electron chi connectivity index (χ4n) is 5.28. The molecule has 29 heavy (non-hydrogen) atoms. The zero-order valence-corrected chi connectivity index (χ0v) is 17.6. The van der Waals surface area contributed by atoms with E-state index in [1.807, 2.05) is 28.0 Å². The van der Waals surface area contributed by atoms with Crippen LogP contribution in [0.3, 0.4) is 0 Å². The summed E-state index contributed by atoms with van der Waals surface area (Å²) < 4.78 is 11.0. The highest BCUT2D eigenvalue weighted by Crippen LogP contribution is 2.41. The number of hydrogen-bond acceptors (Lipinski definition) is 4. The number of methoxy groups -OCH3 is 2. The molecule has 1 aromatic rings. The van der Waals surface area contributed by atoms with Crippen LogP contribution in [0.25, 0.3) is 0 Å². The summed E-state index contributed by atoms with van der Waals surface area (Å²) in [5.74, 6) is 1.75. The molecule has 6 heteroatoms. The van der Waals surface area contributed by atoms with Crippen molar-refractivity contribution in [3.63, 3.8) is 0 Å². The fraction of sp³-hybridized carbons (Fsp3) is 0.652.